The van der Waals surface area contributed by atoms with Gasteiger partial charge < -0.3 is 4.74 Å². The Labute approximate surface area is 194 Å². The maximum absolute atomic E-state index is 13.0. The zero-order valence-electron chi connectivity index (χ0n) is 16.5. The van der Waals surface area contributed by atoms with E-state index in [-0.39, 0.29) is 22.9 Å². The normalized spacial score (nSPS) is 15.1. The lowest BCUT2D eigenvalue weighted by molar-refractivity contribution is -0.122. The van der Waals surface area contributed by atoms with Gasteiger partial charge in [-0.2, -0.15) is 0 Å². The lowest BCUT2D eigenvalue weighted by Gasteiger charge is -2.27. The van der Waals surface area contributed by atoms with Gasteiger partial charge in [0.2, 0.25) is 0 Å². The van der Waals surface area contributed by atoms with Crippen molar-refractivity contribution in [1.29, 1.82) is 0 Å². The molecule has 1 saturated heterocycles. The van der Waals surface area contributed by atoms with Crippen molar-refractivity contribution in [2.24, 2.45) is 0 Å². The minimum Gasteiger partial charge on any atom is -0.489 e. The standard InChI is InChI=1S/C24H16Cl2N2O4/c25-19-9-2-1-7-16(19)14-32-17-8-5-6-15(12-17)13-18-22(29)27-24(31)28(23(18)30)21-11-4-3-10-20(21)26/h1-13H,14H2,(H,27,29,31). The molecule has 0 spiro atoms. The molecule has 0 atom stereocenters. The summed E-state index contributed by atoms with van der Waals surface area (Å²) in [7, 11) is 0. The van der Waals surface area contributed by atoms with Crippen molar-refractivity contribution in [3.63, 3.8) is 0 Å². The molecular formula is C24H16Cl2N2O4. The maximum atomic E-state index is 13.0. The number of hydrogen-bond acceptors (Lipinski definition) is 4. The number of benzene rings is 3. The van der Waals surface area contributed by atoms with Crippen molar-refractivity contribution in [3.8, 4) is 5.75 Å². The van der Waals surface area contributed by atoms with E-state index in [4.69, 9.17) is 27.9 Å². The average molecular weight is 467 g/mol. The van der Waals surface area contributed by atoms with E-state index in [1.165, 1.54) is 12.1 Å². The number of carbonyl (C=O) groups is 3. The molecule has 4 amide bonds. The van der Waals surface area contributed by atoms with Crippen LogP contribution in [0.2, 0.25) is 10.0 Å². The molecule has 0 saturated carbocycles. The summed E-state index contributed by atoms with van der Waals surface area (Å²) in [6, 6.07) is 19.8. The van der Waals surface area contributed by atoms with Gasteiger partial charge in [0.1, 0.15) is 17.9 Å². The number of hydrogen-bond donors (Lipinski definition) is 1. The molecule has 3 aromatic carbocycles. The minimum atomic E-state index is -0.859. The Morgan fingerprint density at radius 3 is 2.34 bits per heavy atom. The zero-order valence-corrected chi connectivity index (χ0v) is 18.1. The van der Waals surface area contributed by atoms with Crippen molar-refractivity contribution >= 4 is 52.8 Å². The van der Waals surface area contributed by atoms with E-state index in [2.05, 4.69) is 5.32 Å². The van der Waals surface area contributed by atoms with Gasteiger partial charge in [0.15, 0.2) is 0 Å². The number of rotatable bonds is 5. The van der Waals surface area contributed by atoms with Gasteiger partial charge in [-0.1, -0.05) is 65.7 Å². The van der Waals surface area contributed by atoms with Gasteiger partial charge in [-0.25, -0.2) is 9.69 Å². The number of urea groups is 1. The Kier molecular flexibility index (Phi) is 6.25. The molecule has 3 aromatic rings. The highest BCUT2D eigenvalue weighted by atomic mass is 35.5. The van der Waals surface area contributed by atoms with Gasteiger partial charge in [0.05, 0.1) is 10.7 Å². The summed E-state index contributed by atoms with van der Waals surface area (Å²) >= 11 is 12.3. The SMILES string of the molecule is O=C1NC(=O)N(c2ccccc2Cl)C(=O)C1=Cc1cccc(OCc2ccccc2Cl)c1. The number of amides is 4. The van der Waals surface area contributed by atoms with Gasteiger partial charge in [-0.05, 0) is 42.0 Å². The third-order valence-corrected chi connectivity index (χ3v) is 5.40. The lowest BCUT2D eigenvalue weighted by atomic mass is 10.1. The van der Waals surface area contributed by atoms with E-state index >= 15 is 0 Å². The first-order valence-electron chi connectivity index (χ1n) is 9.56. The second-order valence-electron chi connectivity index (χ2n) is 6.86. The number of imide groups is 2. The Bertz CT molecular complexity index is 1260. The van der Waals surface area contributed by atoms with E-state index in [9.17, 15) is 14.4 Å². The predicted molar refractivity (Wildman–Crippen MR) is 123 cm³/mol. The number of ether oxygens (including phenoxy) is 1. The molecule has 0 radical (unpaired) electrons. The van der Waals surface area contributed by atoms with E-state index in [0.717, 1.165) is 10.5 Å². The molecular weight excluding hydrogens is 451 g/mol. The fourth-order valence-corrected chi connectivity index (χ4v) is 3.56. The van der Waals surface area contributed by atoms with Crippen molar-refractivity contribution in [1.82, 2.24) is 5.32 Å². The molecule has 160 valence electrons. The Morgan fingerprint density at radius 1 is 0.875 bits per heavy atom. The lowest BCUT2D eigenvalue weighted by Crippen LogP contribution is -2.54. The van der Waals surface area contributed by atoms with E-state index in [1.54, 1.807) is 48.5 Å². The average Bonchev–Trinajstić information content (AvgIpc) is 2.77. The first kappa shape index (κ1) is 21.6. The first-order chi connectivity index (χ1) is 15.4. The maximum Gasteiger partial charge on any atom is 0.335 e. The van der Waals surface area contributed by atoms with Crippen LogP contribution in [0.15, 0.2) is 78.4 Å². The molecule has 6 nitrogen and oxygen atoms in total. The second kappa shape index (κ2) is 9.26. The van der Waals surface area contributed by atoms with Gasteiger partial charge in [-0.15, -0.1) is 0 Å². The number of nitrogens with one attached hydrogen (secondary N) is 1. The van der Waals surface area contributed by atoms with Crippen LogP contribution in [0.3, 0.4) is 0 Å². The summed E-state index contributed by atoms with van der Waals surface area (Å²) in [5.41, 5.74) is 1.36. The van der Waals surface area contributed by atoms with Crippen LogP contribution in [-0.2, 0) is 16.2 Å². The van der Waals surface area contributed by atoms with Crippen LogP contribution >= 0.6 is 23.2 Å². The van der Waals surface area contributed by atoms with Crippen molar-refractivity contribution in [3.05, 3.63) is 99.5 Å². The largest absolute Gasteiger partial charge is 0.489 e. The number of barbiturate groups is 1. The molecule has 32 heavy (non-hydrogen) atoms. The van der Waals surface area contributed by atoms with Crippen LogP contribution in [0.4, 0.5) is 10.5 Å². The number of nitrogens with zero attached hydrogens (tertiary/aromatic N) is 1. The summed E-state index contributed by atoms with van der Waals surface area (Å²) in [6.45, 7) is 0.258. The smallest absolute Gasteiger partial charge is 0.335 e. The molecule has 0 aliphatic carbocycles. The van der Waals surface area contributed by atoms with Crippen LogP contribution in [0, 0.1) is 0 Å². The Balaban J connectivity index is 1.60. The molecule has 1 aliphatic rings. The highest BCUT2D eigenvalue weighted by Gasteiger charge is 2.37. The number of carbonyl (C=O) groups excluding carboxylic acids is 3. The molecule has 1 N–H and O–H groups in total. The molecule has 0 aromatic heterocycles. The quantitative estimate of drug-likeness (QED) is 0.412. The fourth-order valence-electron chi connectivity index (χ4n) is 3.15. The second-order valence-corrected chi connectivity index (χ2v) is 7.68. The van der Waals surface area contributed by atoms with E-state index in [0.29, 0.717) is 16.3 Å². The number of anilines is 1. The molecule has 8 heteroatoms. The summed E-state index contributed by atoms with van der Waals surface area (Å²) < 4.78 is 5.80. The van der Waals surface area contributed by atoms with Crippen LogP contribution in [0.25, 0.3) is 6.08 Å². The third-order valence-electron chi connectivity index (χ3n) is 4.72. The van der Waals surface area contributed by atoms with Crippen LogP contribution in [0.1, 0.15) is 11.1 Å². The highest BCUT2D eigenvalue weighted by molar-refractivity contribution is 6.42. The van der Waals surface area contributed by atoms with Gasteiger partial charge in [0.25, 0.3) is 11.8 Å². The summed E-state index contributed by atoms with van der Waals surface area (Å²) in [6.07, 6.45) is 1.40. The monoisotopic (exact) mass is 466 g/mol. The molecule has 1 heterocycles. The fraction of sp³-hybridized carbons (Fsp3) is 0.0417. The zero-order chi connectivity index (χ0) is 22.7. The summed E-state index contributed by atoms with van der Waals surface area (Å²) in [5, 5.41) is 2.98. The summed E-state index contributed by atoms with van der Waals surface area (Å²) in [5.74, 6) is -1.03. The topological polar surface area (TPSA) is 75.7 Å². The molecule has 1 aliphatic heterocycles. The molecule has 1 fully saturated rings. The van der Waals surface area contributed by atoms with Gasteiger partial charge in [0, 0.05) is 10.6 Å². The van der Waals surface area contributed by atoms with Crippen molar-refractivity contribution in [2.75, 3.05) is 4.90 Å². The summed E-state index contributed by atoms with van der Waals surface area (Å²) in [4.78, 5) is 38.6. The van der Waals surface area contributed by atoms with Crippen LogP contribution in [0.5, 0.6) is 5.75 Å². The minimum absolute atomic E-state index is 0.187. The highest BCUT2D eigenvalue weighted by Crippen LogP contribution is 2.29. The van der Waals surface area contributed by atoms with E-state index in [1.807, 2.05) is 18.2 Å². The van der Waals surface area contributed by atoms with Crippen LogP contribution in [-0.4, -0.2) is 17.8 Å². The Hall–Kier alpha value is -3.61. The first-order valence-corrected chi connectivity index (χ1v) is 10.3. The number of para-hydroxylation sites is 1. The van der Waals surface area contributed by atoms with Gasteiger partial charge >= 0.3 is 6.03 Å². The third kappa shape index (κ3) is 4.51. The molecule has 0 bridgehead atoms. The van der Waals surface area contributed by atoms with Crippen molar-refractivity contribution in [2.45, 2.75) is 6.61 Å². The van der Waals surface area contributed by atoms with Crippen LogP contribution < -0.4 is 15.0 Å². The molecule has 0 unspecified atom stereocenters. The Morgan fingerprint density at radius 2 is 1.59 bits per heavy atom. The van der Waals surface area contributed by atoms with Gasteiger partial charge in [-0.3, -0.25) is 14.9 Å². The predicted octanol–water partition coefficient (Wildman–Crippen LogP) is 5.24. The van der Waals surface area contributed by atoms with E-state index < -0.39 is 17.8 Å². The van der Waals surface area contributed by atoms with Crippen molar-refractivity contribution < 1.29 is 19.1 Å². The molecule has 4 rings (SSSR count). The number of halogens is 2.